The highest BCUT2D eigenvalue weighted by atomic mass is 32.2. The number of ether oxygens (including phenoxy) is 1. The maximum atomic E-state index is 13.2. The normalized spacial score (nSPS) is 13.3. The van der Waals surface area contributed by atoms with E-state index in [1.807, 2.05) is 24.3 Å². The van der Waals surface area contributed by atoms with Gasteiger partial charge in [-0.3, -0.25) is 14.0 Å². The maximum absolute atomic E-state index is 13.2. The van der Waals surface area contributed by atoms with E-state index < -0.39 is 21.9 Å². The van der Waals surface area contributed by atoms with Gasteiger partial charge in [-0.05, 0) is 53.9 Å². The van der Waals surface area contributed by atoms with Crippen molar-refractivity contribution in [1.29, 1.82) is 0 Å². The molecule has 206 valence electrons. The molecule has 0 atom stereocenters. The number of carbonyl (C=O) groups excluding carboxylic acids is 2. The number of hydrogen-bond acceptors (Lipinski definition) is 7. The molecule has 0 saturated heterocycles. The first-order valence-electron chi connectivity index (χ1n) is 12.7. The number of carbonyl (C=O) groups is 2. The molecule has 1 aliphatic heterocycles. The van der Waals surface area contributed by atoms with E-state index in [-0.39, 0.29) is 10.5 Å². The van der Waals surface area contributed by atoms with Crippen molar-refractivity contribution in [3.8, 4) is 0 Å². The predicted molar refractivity (Wildman–Crippen MR) is 156 cm³/mol. The highest BCUT2D eigenvalue weighted by Crippen LogP contribution is 2.38. The van der Waals surface area contributed by atoms with Gasteiger partial charge in [0.25, 0.3) is 15.9 Å². The Hall–Kier alpha value is -3.99. The summed E-state index contributed by atoms with van der Waals surface area (Å²) >= 11 is 1.37. The molecule has 0 saturated carbocycles. The maximum Gasteiger partial charge on any atom is 0.341 e. The lowest BCUT2D eigenvalue weighted by atomic mass is 10.0. The fourth-order valence-electron chi connectivity index (χ4n) is 4.73. The Kier molecular flexibility index (Phi) is 8.02. The molecule has 1 aliphatic rings. The summed E-state index contributed by atoms with van der Waals surface area (Å²) in [6.45, 7) is 2.24. The average molecular weight is 576 g/mol. The van der Waals surface area contributed by atoms with E-state index in [4.69, 9.17) is 4.74 Å². The Morgan fingerprint density at radius 1 is 0.975 bits per heavy atom. The number of anilines is 2. The van der Waals surface area contributed by atoms with Gasteiger partial charge >= 0.3 is 5.97 Å². The number of hydrogen-bond donors (Lipinski definition) is 1. The molecule has 40 heavy (non-hydrogen) atoms. The summed E-state index contributed by atoms with van der Waals surface area (Å²) in [4.78, 5) is 29.3. The molecule has 2 heterocycles. The van der Waals surface area contributed by atoms with Crippen LogP contribution in [-0.2, 0) is 34.3 Å². The number of nitrogens with zero attached hydrogens (tertiary/aromatic N) is 2. The summed E-state index contributed by atoms with van der Waals surface area (Å²) in [7, 11) is -0.994. The number of nitrogens with one attached hydrogen (secondary N) is 1. The van der Waals surface area contributed by atoms with Crippen LogP contribution in [0.25, 0.3) is 0 Å². The fourth-order valence-corrected chi connectivity index (χ4v) is 7.20. The number of fused-ring (bicyclic) bond motifs is 1. The van der Waals surface area contributed by atoms with E-state index in [0.29, 0.717) is 29.2 Å². The van der Waals surface area contributed by atoms with Gasteiger partial charge in [-0.15, -0.1) is 11.3 Å². The third-order valence-corrected chi connectivity index (χ3v) is 9.83. The Morgan fingerprint density at radius 2 is 1.62 bits per heavy atom. The van der Waals surface area contributed by atoms with Gasteiger partial charge in [0.2, 0.25) is 0 Å². The van der Waals surface area contributed by atoms with E-state index in [0.717, 1.165) is 23.5 Å². The fraction of sp³-hybridized carbons (Fsp3) is 0.200. The lowest BCUT2D eigenvalue weighted by molar-refractivity contribution is 0.0600. The first-order chi connectivity index (χ1) is 19.3. The molecule has 0 unspecified atom stereocenters. The van der Waals surface area contributed by atoms with Crippen LogP contribution in [-0.4, -0.2) is 45.9 Å². The van der Waals surface area contributed by atoms with Crippen LogP contribution >= 0.6 is 11.3 Å². The van der Waals surface area contributed by atoms with E-state index in [2.05, 4.69) is 22.3 Å². The molecule has 10 heteroatoms. The van der Waals surface area contributed by atoms with Crippen molar-refractivity contribution in [1.82, 2.24) is 4.90 Å². The van der Waals surface area contributed by atoms with E-state index in [1.54, 1.807) is 24.3 Å². The van der Waals surface area contributed by atoms with Crippen LogP contribution in [0.15, 0.2) is 89.8 Å². The van der Waals surface area contributed by atoms with Crippen molar-refractivity contribution in [2.45, 2.75) is 24.4 Å². The minimum Gasteiger partial charge on any atom is -0.465 e. The smallest absolute Gasteiger partial charge is 0.341 e. The van der Waals surface area contributed by atoms with Crippen molar-refractivity contribution in [3.63, 3.8) is 0 Å². The molecule has 0 spiro atoms. The zero-order valence-corrected chi connectivity index (χ0v) is 23.8. The van der Waals surface area contributed by atoms with Crippen molar-refractivity contribution in [2.24, 2.45) is 0 Å². The van der Waals surface area contributed by atoms with Gasteiger partial charge in [0, 0.05) is 37.1 Å². The van der Waals surface area contributed by atoms with E-state index in [1.165, 1.54) is 59.6 Å². The largest absolute Gasteiger partial charge is 0.465 e. The first kappa shape index (κ1) is 27.6. The first-order valence-corrected chi connectivity index (χ1v) is 15.0. The lowest BCUT2D eigenvalue weighted by Gasteiger charge is -2.27. The molecule has 3 aromatic carbocycles. The van der Waals surface area contributed by atoms with Gasteiger partial charge in [-0.25, -0.2) is 13.2 Å². The van der Waals surface area contributed by atoms with Crippen LogP contribution in [0.3, 0.4) is 0 Å². The number of benzene rings is 3. The molecule has 5 rings (SSSR count). The SMILES string of the molecule is COC(=O)c1c(NC(=O)c2ccc(S(=O)(=O)N(C)c3ccccc3)cc2)sc2c1CCN(Cc1ccccc1)C2. The predicted octanol–water partition coefficient (Wildman–Crippen LogP) is 5.17. The Bertz CT molecular complexity index is 1620. The van der Waals surface area contributed by atoms with Crippen LogP contribution in [0, 0.1) is 0 Å². The number of esters is 1. The third-order valence-electron chi connectivity index (χ3n) is 6.90. The number of sulfonamides is 1. The molecule has 0 bridgehead atoms. The Balaban J connectivity index is 1.34. The number of rotatable bonds is 8. The van der Waals surface area contributed by atoms with E-state index >= 15 is 0 Å². The molecular formula is C30H29N3O5S2. The highest BCUT2D eigenvalue weighted by Gasteiger charge is 2.30. The average Bonchev–Trinajstić information content (AvgIpc) is 3.34. The summed E-state index contributed by atoms with van der Waals surface area (Å²) in [5.41, 5.74) is 3.31. The van der Waals surface area contributed by atoms with Crippen molar-refractivity contribution in [2.75, 3.05) is 30.3 Å². The Morgan fingerprint density at radius 3 is 2.27 bits per heavy atom. The molecule has 1 aromatic heterocycles. The molecule has 0 fully saturated rings. The monoisotopic (exact) mass is 575 g/mol. The zero-order chi connectivity index (χ0) is 28.3. The molecule has 8 nitrogen and oxygen atoms in total. The molecule has 0 aliphatic carbocycles. The van der Waals surface area contributed by atoms with Crippen molar-refractivity contribution in [3.05, 3.63) is 112 Å². The van der Waals surface area contributed by atoms with Crippen LogP contribution in [0.5, 0.6) is 0 Å². The molecule has 0 radical (unpaired) electrons. The van der Waals surface area contributed by atoms with Gasteiger partial charge in [-0.2, -0.15) is 0 Å². The summed E-state index contributed by atoms with van der Waals surface area (Å²) in [5, 5.41) is 3.31. The summed E-state index contributed by atoms with van der Waals surface area (Å²) < 4.78 is 32.4. The van der Waals surface area contributed by atoms with Gasteiger partial charge in [0.05, 0.1) is 23.3 Å². The number of para-hydroxylation sites is 1. The minimum absolute atomic E-state index is 0.0655. The summed E-state index contributed by atoms with van der Waals surface area (Å²) in [5.74, 6) is -0.931. The van der Waals surface area contributed by atoms with Gasteiger partial charge in [-0.1, -0.05) is 48.5 Å². The van der Waals surface area contributed by atoms with Gasteiger partial charge in [0.15, 0.2) is 0 Å². The summed E-state index contributed by atoms with van der Waals surface area (Å²) in [6.07, 6.45) is 0.667. The quantitative estimate of drug-likeness (QED) is 0.291. The van der Waals surface area contributed by atoms with E-state index in [9.17, 15) is 18.0 Å². The third kappa shape index (κ3) is 5.65. The second-order valence-corrected chi connectivity index (χ2v) is 12.5. The second-order valence-electron chi connectivity index (χ2n) is 9.43. The zero-order valence-electron chi connectivity index (χ0n) is 22.2. The standard InChI is InChI=1S/C30H29N3O5S2/c1-32(23-11-7-4-8-12-23)40(36,37)24-15-13-22(14-16-24)28(34)31-29-27(30(35)38-2)25-17-18-33(20-26(25)39-29)19-21-9-5-3-6-10-21/h3-16H,17-20H2,1-2H3,(H,31,34). The summed E-state index contributed by atoms with van der Waals surface area (Å²) in [6, 6.07) is 24.7. The minimum atomic E-state index is -3.81. The van der Waals surface area contributed by atoms with Gasteiger partial charge in [0.1, 0.15) is 5.00 Å². The van der Waals surface area contributed by atoms with Gasteiger partial charge < -0.3 is 10.1 Å². The van der Waals surface area contributed by atoms with Crippen LogP contribution in [0.2, 0.25) is 0 Å². The van der Waals surface area contributed by atoms with Crippen molar-refractivity contribution >= 4 is 43.9 Å². The van der Waals surface area contributed by atoms with Crippen LogP contribution in [0.4, 0.5) is 10.7 Å². The van der Waals surface area contributed by atoms with Crippen molar-refractivity contribution < 1.29 is 22.7 Å². The Labute approximate surface area is 237 Å². The topological polar surface area (TPSA) is 96.0 Å². The molecule has 4 aromatic rings. The number of amides is 1. The number of thiophene rings is 1. The van der Waals surface area contributed by atoms with Crippen LogP contribution in [0.1, 0.15) is 36.7 Å². The second kappa shape index (κ2) is 11.6. The highest BCUT2D eigenvalue weighted by molar-refractivity contribution is 7.92. The molecule has 1 amide bonds. The number of methoxy groups -OCH3 is 1. The molecule has 1 N–H and O–H groups in total. The van der Waals surface area contributed by atoms with Crippen LogP contribution < -0.4 is 9.62 Å². The lowest BCUT2D eigenvalue weighted by Crippen LogP contribution is -2.29. The molecular weight excluding hydrogens is 546 g/mol.